The van der Waals surface area contributed by atoms with Crippen LogP contribution >= 0.6 is 11.6 Å². The summed E-state index contributed by atoms with van der Waals surface area (Å²) in [6.07, 6.45) is 1.76. The number of nitrogens with one attached hydrogen (secondary N) is 1. The second kappa shape index (κ2) is 6.58. The fraction of sp³-hybridized carbons (Fsp3) is 0.125. The number of halogens is 1. The number of aromatic nitrogens is 3. The van der Waals surface area contributed by atoms with Crippen molar-refractivity contribution in [2.24, 2.45) is 0 Å². The minimum atomic E-state index is -0.570. The first-order valence-electron chi connectivity index (χ1n) is 6.86. The third-order valence-corrected chi connectivity index (χ3v) is 3.48. The van der Waals surface area contributed by atoms with Gasteiger partial charge in [0.2, 0.25) is 0 Å². The van der Waals surface area contributed by atoms with E-state index in [4.69, 9.17) is 16.3 Å². The second-order valence-electron chi connectivity index (χ2n) is 4.80. The summed E-state index contributed by atoms with van der Waals surface area (Å²) in [6.45, 7) is 0.497. The Hall–Kier alpha value is -2.73. The summed E-state index contributed by atoms with van der Waals surface area (Å²) >= 11 is 5.85. The number of benzene rings is 1. The number of hydrogen-bond donors (Lipinski definition) is 1. The number of pyridine rings is 1. The number of rotatable bonds is 4. The zero-order valence-electron chi connectivity index (χ0n) is 12.3. The van der Waals surface area contributed by atoms with E-state index in [9.17, 15) is 4.79 Å². The molecule has 23 heavy (non-hydrogen) atoms. The van der Waals surface area contributed by atoms with Crippen LogP contribution in [0, 0.1) is 0 Å². The Morgan fingerprint density at radius 1 is 1.26 bits per heavy atom. The van der Waals surface area contributed by atoms with Crippen LogP contribution in [0.5, 0.6) is 0 Å². The Balaban J connectivity index is 1.84. The molecule has 0 atom stereocenters. The highest BCUT2D eigenvalue weighted by molar-refractivity contribution is 6.29. The summed E-state index contributed by atoms with van der Waals surface area (Å²) in [5.41, 5.74) is 2.54. The van der Waals surface area contributed by atoms with Crippen molar-refractivity contribution >= 4 is 34.2 Å². The van der Waals surface area contributed by atoms with Gasteiger partial charge in [0.15, 0.2) is 10.8 Å². The molecule has 0 aliphatic rings. The third kappa shape index (κ3) is 3.37. The Bertz CT molecular complexity index is 870. The van der Waals surface area contributed by atoms with Crippen molar-refractivity contribution in [2.45, 2.75) is 6.54 Å². The van der Waals surface area contributed by atoms with Crippen molar-refractivity contribution in [3.8, 4) is 0 Å². The van der Waals surface area contributed by atoms with Crippen LogP contribution in [0.25, 0.3) is 10.9 Å². The van der Waals surface area contributed by atoms with E-state index in [0.717, 1.165) is 16.5 Å². The van der Waals surface area contributed by atoms with Gasteiger partial charge in [-0.2, -0.15) is 0 Å². The molecule has 116 valence electrons. The molecule has 0 bridgehead atoms. The first kappa shape index (κ1) is 15.2. The zero-order valence-corrected chi connectivity index (χ0v) is 13.0. The molecule has 0 amide bonds. The van der Waals surface area contributed by atoms with Gasteiger partial charge in [-0.25, -0.2) is 4.79 Å². The number of esters is 1. The molecular weight excluding hydrogens is 316 g/mol. The van der Waals surface area contributed by atoms with E-state index in [1.165, 1.54) is 7.11 Å². The lowest BCUT2D eigenvalue weighted by Crippen LogP contribution is -2.11. The number of carbonyl (C=O) groups excluding carboxylic acids is 1. The molecule has 0 saturated heterocycles. The van der Waals surface area contributed by atoms with E-state index in [2.05, 4.69) is 20.5 Å². The third-order valence-electron chi connectivity index (χ3n) is 3.29. The summed E-state index contributed by atoms with van der Waals surface area (Å²) in [6, 6.07) is 11.4. The quantitative estimate of drug-likeness (QED) is 0.742. The Kier molecular flexibility index (Phi) is 4.34. The maximum atomic E-state index is 11.7. The largest absolute Gasteiger partial charge is 0.464 e. The molecule has 6 nitrogen and oxygen atoms in total. The zero-order chi connectivity index (χ0) is 16.2. The van der Waals surface area contributed by atoms with E-state index >= 15 is 0 Å². The summed E-state index contributed by atoms with van der Waals surface area (Å²) in [5.74, 6) is -0.570. The van der Waals surface area contributed by atoms with Crippen LogP contribution in [0.1, 0.15) is 16.1 Å². The SMILES string of the molecule is COC(=O)c1nnc(Cl)cc1NCc1ccc2ncccc2c1. The highest BCUT2D eigenvalue weighted by atomic mass is 35.5. The van der Waals surface area contributed by atoms with E-state index in [0.29, 0.717) is 12.2 Å². The molecule has 2 heterocycles. The molecule has 2 aromatic heterocycles. The van der Waals surface area contributed by atoms with Gasteiger partial charge in [-0.3, -0.25) is 4.98 Å². The average molecular weight is 329 g/mol. The lowest BCUT2D eigenvalue weighted by molar-refractivity contribution is 0.0594. The van der Waals surface area contributed by atoms with Crippen LogP contribution < -0.4 is 5.32 Å². The lowest BCUT2D eigenvalue weighted by atomic mass is 10.1. The van der Waals surface area contributed by atoms with E-state index in [1.807, 2.05) is 30.3 Å². The highest BCUT2D eigenvalue weighted by Gasteiger charge is 2.15. The van der Waals surface area contributed by atoms with Gasteiger partial charge < -0.3 is 10.1 Å². The van der Waals surface area contributed by atoms with Crippen LogP contribution in [0.2, 0.25) is 5.15 Å². The predicted molar refractivity (Wildman–Crippen MR) is 87.5 cm³/mol. The molecular formula is C16H13ClN4O2. The molecule has 3 rings (SSSR count). The van der Waals surface area contributed by atoms with Crippen LogP contribution in [0.15, 0.2) is 42.6 Å². The normalized spacial score (nSPS) is 10.5. The molecule has 0 unspecified atom stereocenters. The Morgan fingerprint density at radius 2 is 2.13 bits per heavy atom. The van der Waals surface area contributed by atoms with E-state index < -0.39 is 5.97 Å². The van der Waals surface area contributed by atoms with Crippen LogP contribution in [0.4, 0.5) is 5.69 Å². The van der Waals surface area contributed by atoms with Gasteiger partial charge in [0.05, 0.1) is 18.3 Å². The van der Waals surface area contributed by atoms with Crippen molar-refractivity contribution in [2.75, 3.05) is 12.4 Å². The van der Waals surface area contributed by atoms with Crippen LogP contribution in [0.3, 0.4) is 0 Å². The molecule has 0 fully saturated rings. The van der Waals surface area contributed by atoms with Gasteiger partial charge >= 0.3 is 5.97 Å². The first-order valence-corrected chi connectivity index (χ1v) is 7.24. The summed E-state index contributed by atoms with van der Waals surface area (Å²) in [4.78, 5) is 16.0. The molecule has 1 N–H and O–H groups in total. The Labute approximate surface area is 137 Å². The van der Waals surface area contributed by atoms with Crippen LogP contribution in [-0.4, -0.2) is 28.3 Å². The first-order chi connectivity index (χ1) is 11.2. The molecule has 0 aliphatic heterocycles. The smallest absolute Gasteiger partial charge is 0.360 e. The Morgan fingerprint density at radius 3 is 2.96 bits per heavy atom. The number of methoxy groups -OCH3 is 1. The van der Waals surface area contributed by atoms with Crippen molar-refractivity contribution in [3.05, 3.63) is 59.0 Å². The molecule has 7 heteroatoms. The monoisotopic (exact) mass is 328 g/mol. The summed E-state index contributed by atoms with van der Waals surface area (Å²) < 4.78 is 4.69. The molecule has 0 aliphatic carbocycles. The fourth-order valence-electron chi connectivity index (χ4n) is 2.18. The van der Waals surface area contributed by atoms with Gasteiger partial charge in [0.1, 0.15) is 0 Å². The van der Waals surface area contributed by atoms with Crippen LogP contribution in [-0.2, 0) is 11.3 Å². The minimum absolute atomic E-state index is 0.0966. The van der Waals surface area contributed by atoms with Gasteiger partial charge in [-0.1, -0.05) is 23.7 Å². The van der Waals surface area contributed by atoms with E-state index in [-0.39, 0.29) is 10.8 Å². The van der Waals surface area contributed by atoms with E-state index in [1.54, 1.807) is 12.3 Å². The number of nitrogens with zero attached hydrogens (tertiary/aromatic N) is 3. The maximum absolute atomic E-state index is 11.7. The number of anilines is 1. The predicted octanol–water partition coefficient (Wildman–Crippen LogP) is 3.08. The standard InChI is InChI=1S/C16H13ClN4O2/c1-23-16(22)15-13(8-14(17)20-21-15)19-9-10-4-5-12-11(7-10)3-2-6-18-12/h2-8H,9H2,1H3,(H,19,20). The number of carbonyl (C=O) groups is 1. The molecule has 3 aromatic rings. The second-order valence-corrected chi connectivity index (χ2v) is 5.19. The van der Waals surface area contributed by atoms with Gasteiger partial charge in [0, 0.05) is 24.2 Å². The van der Waals surface area contributed by atoms with Crippen molar-refractivity contribution in [1.29, 1.82) is 0 Å². The fourth-order valence-corrected chi connectivity index (χ4v) is 2.33. The summed E-state index contributed by atoms with van der Waals surface area (Å²) in [5, 5.41) is 11.8. The number of ether oxygens (including phenoxy) is 1. The topological polar surface area (TPSA) is 77.0 Å². The number of fused-ring (bicyclic) bond motifs is 1. The van der Waals surface area contributed by atoms with Gasteiger partial charge in [0.25, 0.3) is 0 Å². The van der Waals surface area contributed by atoms with Crippen molar-refractivity contribution in [1.82, 2.24) is 15.2 Å². The molecule has 1 aromatic carbocycles. The minimum Gasteiger partial charge on any atom is -0.464 e. The summed E-state index contributed by atoms with van der Waals surface area (Å²) in [7, 11) is 1.29. The molecule has 0 saturated carbocycles. The lowest BCUT2D eigenvalue weighted by Gasteiger charge is -2.10. The van der Waals surface area contributed by atoms with Gasteiger partial charge in [-0.05, 0) is 23.8 Å². The molecule has 0 spiro atoms. The average Bonchev–Trinajstić information content (AvgIpc) is 2.59. The maximum Gasteiger partial charge on any atom is 0.360 e. The molecule has 0 radical (unpaired) electrons. The van der Waals surface area contributed by atoms with Crippen molar-refractivity contribution < 1.29 is 9.53 Å². The number of hydrogen-bond acceptors (Lipinski definition) is 6. The van der Waals surface area contributed by atoms with Crippen molar-refractivity contribution in [3.63, 3.8) is 0 Å². The highest BCUT2D eigenvalue weighted by Crippen LogP contribution is 2.19. The van der Waals surface area contributed by atoms with Gasteiger partial charge in [-0.15, -0.1) is 10.2 Å².